The molecule has 0 radical (unpaired) electrons. The third-order valence-corrected chi connectivity index (χ3v) is 1.12. The Hall–Kier alpha value is -0.220. The molecule has 0 aromatic heterocycles. The van der Waals surface area contributed by atoms with Crippen LogP contribution in [0, 0.1) is 0 Å². The van der Waals surface area contributed by atoms with Crippen molar-refractivity contribution in [2.45, 2.75) is 26.4 Å². The first-order valence-corrected chi connectivity index (χ1v) is 3.31. The van der Waals surface area contributed by atoms with E-state index in [4.69, 9.17) is 9.92 Å². The Bertz CT molecular complexity index is 108. The van der Waals surface area contributed by atoms with E-state index in [1.165, 1.54) is 0 Å². The molecule has 1 amide bonds. The number of amides is 1. The molecule has 0 saturated heterocycles. The molecule has 0 rings (SSSR count). The third kappa shape index (κ3) is 7.78. The first-order valence-electron chi connectivity index (χ1n) is 2.57. The number of carbonyl (C=O) groups excluding carboxylic acids is 1. The SMILES string of the molecule is CC(C)(C)OSC(N)=O. The summed E-state index contributed by atoms with van der Waals surface area (Å²) < 4.78 is 4.93. The zero-order chi connectivity index (χ0) is 7.49. The van der Waals surface area contributed by atoms with E-state index in [0.717, 1.165) is 0 Å². The second kappa shape index (κ2) is 3.08. The summed E-state index contributed by atoms with van der Waals surface area (Å²) in [4.78, 5) is 10.1. The fraction of sp³-hybridized carbons (Fsp3) is 0.800. The van der Waals surface area contributed by atoms with E-state index in [1.807, 2.05) is 20.8 Å². The minimum absolute atomic E-state index is 0.306. The predicted molar refractivity (Wildman–Crippen MR) is 38.0 cm³/mol. The van der Waals surface area contributed by atoms with Crippen LogP contribution in [0.2, 0.25) is 0 Å². The quantitative estimate of drug-likeness (QED) is 0.575. The zero-order valence-electron chi connectivity index (χ0n) is 5.80. The van der Waals surface area contributed by atoms with Crippen molar-refractivity contribution in [3.8, 4) is 0 Å². The molecule has 0 aliphatic heterocycles. The van der Waals surface area contributed by atoms with Gasteiger partial charge < -0.3 is 9.92 Å². The highest BCUT2D eigenvalue weighted by atomic mass is 32.2. The Kier molecular flexibility index (Phi) is 3.00. The van der Waals surface area contributed by atoms with Gasteiger partial charge in [0.25, 0.3) is 0 Å². The van der Waals surface area contributed by atoms with Crippen LogP contribution in [0.4, 0.5) is 4.79 Å². The molecule has 0 aliphatic carbocycles. The maximum Gasteiger partial charge on any atom is 0.303 e. The molecular formula is C5H11NO2S. The van der Waals surface area contributed by atoms with Crippen LogP contribution in [0.15, 0.2) is 0 Å². The Morgan fingerprint density at radius 1 is 1.56 bits per heavy atom. The summed E-state index contributed by atoms with van der Waals surface area (Å²) in [6.07, 6.45) is 0. The molecule has 3 nitrogen and oxygen atoms in total. The van der Waals surface area contributed by atoms with Gasteiger partial charge in [-0.25, -0.2) is 0 Å². The normalized spacial score (nSPS) is 11.4. The molecule has 0 aromatic carbocycles. The number of hydrogen-bond donors (Lipinski definition) is 1. The van der Waals surface area contributed by atoms with Crippen LogP contribution < -0.4 is 5.73 Å². The van der Waals surface area contributed by atoms with Crippen LogP contribution in [-0.4, -0.2) is 10.8 Å². The van der Waals surface area contributed by atoms with E-state index in [2.05, 4.69) is 0 Å². The van der Waals surface area contributed by atoms with Crippen molar-refractivity contribution >= 4 is 17.3 Å². The van der Waals surface area contributed by atoms with Gasteiger partial charge in [0.15, 0.2) is 0 Å². The van der Waals surface area contributed by atoms with E-state index < -0.39 is 5.24 Å². The first kappa shape index (κ1) is 8.78. The van der Waals surface area contributed by atoms with Crippen molar-refractivity contribution < 1.29 is 8.98 Å². The van der Waals surface area contributed by atoms with Gasteiger partial charge in [-0.3, -0.25) is 4.79 Å². The van der Waals surface area contributed by atoms with Gasteiger partial charge in [-0.15, -0.1) is 0 Å². The van der Waals surface area contributed by atoms with Gasteiger partial charge in [-0.05, 0) is 20.8 Å². The first-order chi connectivity index (χ1) is 3.92. The standard InChI is InChI=1S/C5H11NO2S/c1-5(2,3)8-9-4(6)7/h1-3H3,(H2,6,7). The van der Waals surface area contributed by atoms with Gasteiger partial charge in [-0.1, -0.05) is 0 Å². The molecule has 54 valence electrons. The Labute approximate surface area is 59.1 Å². The van der Waals surface area contributed by atoms with Gasteiger partial charge in [0, 0.05) is 0 Å². The maximum absolute atomic E-state index is 10.1. The van der Waals surface area contributed by atoms with Crippen molar-refractivity contribution in [3.63, 3.8) is 0 Å². The van der Waals surface area contributed by atoms with Crippen LogP contribution in [0.3, 0.4) is 0 Å². The highest BCUT2D eigenvalue weighted by molar-refractivity contribution is 8.09. The van der Waals surface area contributed by atoms with Crippen LogP contribution in [0.25, 0.3) is 0 Å². The third-order valence-electron chi connectivity index (χ3n) is 0.374. The Balaban J connectivity index is 3.39. The molecule has 0 heterocycles. The number of rotatable bonds is 1. The summed E-state index contributed by atoms with van der Waals surface area (Å²) in [6, 6.07) is 0. The molecule has 0 unspecified atom stereocenters. The van der Waals surface area contributed by atoms with E-state index in [-0.39, 0.29) is 5.60 Å². The van der Waals surface area contributed by atoms with Crippen molar-refractivity contribution in [1.29, 1.82) is 0 Å². The summed E-state index contributed by atoms with van der Waals surface area (Å²) >= 11 is 0.677. The maximum atomic E-state index is 10.1. The number of carbonyl (C=O) groups is 1. The average Bonchev–Trinajstić information content (AvgIpc) is 1.59. The molecule has 0 atom stereocenters. The predicted octanol–water partition coefficient (Wildman–Crippen LogP) is 1.53. The molecule has 0 saturated carbocycles. The van der Waals surface area contributed by atoms with Crippen LogP contribution in [0.5, 0.6) is 0 Å². The lowest BCUT2D eigenvalue weighted by atomic mass is 10.2. The molecule has 0 aromatic rings. The van der Waals surface area contributed by atoms with Gasteiger partial charge >= 0.3 is 5.24 Å². The largest absolute Gasteiger partial charge is 0.359 e. The van der Waals surface area contributed by atoms with Gasteiger partial charge in [0.1, 0.15) is 0 Å². The second-order valence-corrected chi connectivity index (χ2v) is 3.33. The van der Waals surface area contributed by atoms with Crippen LogP contribution >= 0.6 is 12.0 Å². The average molecular weight is 149 g/mol. The van der Waals surface area contributed by atoms with Gasteiger partial charge in [0.2, 0.25) is 0 Å². The lowest BCUT2D eigenvalue weighted by molar-refractivity contribution is 0.164. The van der Waals surface area contributed by atoms with Crippen molar-refractivity contribution in [3.05, 3.63) is 0 Å². The zero-order valence-corrected chi connectivity index (χ0v) is 6.62. The summed E-state index contributed by atoms with van der Waals surface area (Å²) in [5.41, 5.74) is 4.49. The van der Waals surface area contributed by atoms with E-state index in [9.17, 15) is 4.79 Å². The number of nitrogens with two attached hydrogens (primary N) is 1. The molecule has 2 N–H and O–H groups in total. The van der Waals surface area contributed by atoms with E-state index in [1.54, 1.807) is 0 Å². The Morgan fingerprint density at radius 3 is 2.11 bits per heavy atom. The van der Waals surface area contributed by atoms with E-state index in [0.29, 0.717) is 12.0 Å². The molecular weight excluding hydrogens is 138 g/mol. The fourth-order valence-corrected chi connectivity index (χ4v) is 0.498. The lowest BCUT2D eigenvalue weighted by Gasteiger charge is -2.15. The lowest BCUT2D eigenvalue weighted by Crippen LogP contribution is -2.17. The Morgan fingerprint density at radius 2 is 2.00 bits per heavy atom. The fourth-order valence-electron chi connectivity index (χ4n) is 0.166. The highest BCUT2D eigenvalue weighted by Crippen LogP contribution is 2.15. The van der Waals surface area contributed by atoms with Crippen molar-refractivity contribution in [2.75, 3.05) is 0 Å². The summed E-state index contributed by atoms with van der Waals surface area (Å²) in [6.45, 7) is 5.55. The summed E-state index contributed by atoms with van der Waals surface area (Å²) in [5, 5.41) is -0.509. The van der Waals surface area contributed by atoms with Crippen molar-refractivity contribution in [1.82, 2.24) is 0 Å². The highest BCUT2D eigenvalue weighted by Gasteiger charge is 2.12. The minimum Gasteiger partial charge on any atom is -0.359 e. The summed E-state index contributed by atoms with van der Waals surface area (Å²) in [7, 11) is 0. The molecule has 0 aliphatic rings. The second-order valence-electron chi connectivity index (χ2n) is 2.60. The number of primary amides is 1. The molecule has 0 spiro atoms. The van der Waals surface area contributed by atoms with Gasteiger partial charge in [0.05, 0.1) is 17.6 Å². The van der Waals surface area contributed by atoms with Gasteiger partial charge in [-0.2, -0.15) is 0 Å². The molecule has 4 heteroatoms. The summed E-state index contributed by atoms with van der Waals surface area (Å²) in [5.74, 6) is 0. The van der Waals surface area contributed by atoms with Crippen LogP contribution in [0.1, 0.15) is 20.8 Å². The topological polar surface area (TPSA) is 52.3 Å². The molecule has 0 bridgehead atoms. The monoisotopic (exact) mass is 149 g/mol. The minimum atomic E-state index is -0.509. The molecule has 9 heavy (non-hydrogen) atoms. The van der Waals surface area contributed by atoms with Crippen molar-refractivity contribution in [2.24, 2.45) is 5.73 Å². The molecule has 0 fully saturated rings. The smallest absolute Gasteiger partial charge is 0.303 e. The number of hydrogen-bond acceptors (Lipinski definition) is 3. The van der Waals surface area contributed by atoms with E-state index >= 15 is 0 Å². The van der Waals surface area contributed by atoms with Crippen LogP contribution in [-0.2, 0) is 4.18 Å².